The zero-order valence-corrected chi connectivity index (χ0v) is 15.7. The number of para-hydroxylation sites is 1. The van der Waals surface area contributed by atoms with Gasteiger partial charge in [-0.25, -0.2) is 4.68 Å². The molecular weight excluding hydrogens is 373 g/mol. The van der Waals surface area contributed by atoms with Gasteiger partial charge in [-0.3, -0.25) is 9.59 Å². The van der Waals surface area contributed by atoms with Crippen molar-refractivity contribution in [3.8, 4) is 5.69 Å². The predicted molar refractivity (Wildman–Crippen MR) is 97.6 cm³/mol. The summed E-state index contributed by atoms with van der Waals surface area (Å²) in [6.45, 7) is 3.87. The first-order valence-electron chi connectivity index (χ1n) is 8.94. The molecule has 2 aromatic rings. The molecule has 6 nitrogen and oxygen atoms in total. The molecule has 150 valence electrons. The van der Waals surface area contributed by atoms with E-state index >= 15 is 0 Å². The van der Waals surface area contributed by atoms with Gasteiger partial charge in [-0.1, -0.05) is 12.1 Å². The highest BCUT2D eigenvalue weighted by Crippen LogP contribution is 2.33. The van der Waals surface area contributed by atoms with Crippen molar-refractivity contribution in [1.29, 1.82) is 0 Å². The van der Waals surface area contributed by atoms with Crippen LogP contribution < -0.4 is 5.43 Å². The third-order valence-electron chi connectivity index (χ3n) is 4.75. The second-order valence-corrected chi connectivity index (χ2v) is 6.87. The summed E-state index contributed by atoms with van der Waals surface area (Å²) in [5.41, 5.74) is -1.86. The standard InChI is InChI=1S/C19H21F3N4O2/c1-13-12-16(27)17(18(28)25-9-5-8-24(2)10-11-25)23-26(13)15-7-4-3-6-14(15)19(20,21)22/h3-4,6-7,12H,5,8-11H2,1-2H3. The summed E-state index contributed by atoms with van der Waals surface area (Å²) >= 11 is 0. The van der Waals surface area contributed by atoms with Crippen molar-refractivity contribution in [3.63, 3.8) is 0 Å². The Morgan fingerprint density at radius 1 is 1.11 bits per heavy atom. The maximum absolute atomic E-state index is 13.4. The largest absolute Gasteiger partial charge is 0.418 e. The van der Waals surface area contributed by atoms with Crippen LogP contribution in [0.15, 0.2) is 35.1 Å². The molecule has 2 heterocycles. The normalized spacial score (nSPS) is 16.1. The Labute approximate surface area is 160 Å². The van der Waals surface area contributed by atoms with Crippen LogP contribution in [0.5, 0.6) is 0 Å². The SMILES string of the molecule is Cc1cc(=O)c(C(=O)N2CCCN(C)CC2)nn1-c1ccccc1C(F)(F)F. The molecule has 0 saturated carbocycles. The minimum absolute atomic E-state index is 0.217. The molecule has 0 aliphatic carbocycles. The molecule has 1 saturated heterocycles. The average molecular weight is 394 g/mol. The summed E-state index contributed by atoms with van der Waals surface area (Å²) in [6.07, 6.45) is -3.84. The van der Waals surface area contributed by atoms with Crippen molar-refractivity contribution in [1.82, 2.24) is 19.6 Å². The van der Waals surface area contributed by atoms with Gasteiger partial charge in [-0.15, -0.1) is 0 Å². The molecule has 9 heteroatoms. The summed E-state index contributed by atoms with van der Waals surface area (Å²) in [6, 6.07) is 6.10. The molecule has 1 aromatic heterocycles. The van der Waals surface area contributed by atoms with Crippen LogP contribution in [0.25, 0.3) is 5.69 Å². The fourth-order valence-electron chi connectivity index (χ4n) is 3.24. The van der Waals surface area contributed by atoms with Crippen LogP contribution >= 0.6 is 0 Å². The molecule has 1 amide bonds. The summed E-state index contributed by atoms with van der Waals surface area (Å²) < 4.78 is 41.2. The van der Waals surface area contributed by atoms with E-state index in [1.807, 2.05) is 7.05 Å². The van der Waals surface area contributed by atoms with Gasteiger partial charge in [-0.05, 0) is 39.1 Å². The maximum atomic E-state index is 13.4. The highest BCUT2D eigenvalue weighted by atomic mass is 19.4. The van der Waals surface area contributed by atoms with Gasteiger partial charge in [-0.2, -0.15) is 18.3 Å². The van der Waals surface area contributed by atoms with Gasteiger partial charge >= 0.3 is 6.18 Å². The van der Waals surface area contributed by atoms with Crippen molar-refractivity contribution < 1.29 is 18.0 Å². The molecule has 1 fully saturated rings. The Morgan fingerprint density at radius 2 is 1.82 bits per heavy atom. The van der Waals surface area contributed by atoms with Gasteiger partial charge in [0.1, 0.15) is 0 Å². The first-order valence-corrected chi connectivity index (χ1v) is 8.94. The van der Waals surface area contributed by atoms with Gasteiger partial charge in [0.2, 0.25) is 5.43 Å². The van der Waals surface area contributed by atoms with Crippen LogP contribution in [0.4, 0.5) is 13.2 Å². The minimum atomic E-state index is -4.59. The lowest BCUT2D eigenvalue weighted by molar-refractivity contribution is -0.137. The summed E-state index contributed by atoms with van der Waals surface area (Å²) in [7, 11) is 1.94. The molecule has 0 radical (unpaired) electrons. The fraction of sp³-hybridized carbons (Fsp3) is 0.421. The summed E-state index contributed by atoms with van der Waals surface area (Å²) in [5, 5.41) is 4.04. The molecule has 0 atom stereocenters. The summed E-state index contributed by atoms with van der Waals surface area (Å²) in [4.78, 5) is 28.9. The second-order valence-electron chi connectivity index (χ2n) is 6.87. The van der Waals surface area contributed by atoms with E-state index in [2.05, 4.69) is 10.00 Å². The Balaban J connectivity index is 2.05. The highest BCUT2D eigenvalue weighted by Gasteiger charge is 2.34. The molecule has 1 aliphatic rings. The molecule has 0 spiro atoms. The van der Waals surface area contributed by atoms with Crippen molar-refractivity contribution in [2.45, 2.75) is 19.5 Å². The van der Waals surface area contributed by atoms with E-state index in [0.29, 0.717) is 19.6 Å². The lowest BCUT2D eigenvalue weighted by atomic mass is 10.1. The lowest BCUT2D eigenvalue weighted by Crippen LogP contribution is -2.38. The van der Waals surface area contributed by atoms with Crippen molar-refractivity contribution in [3.05, 3.63) is 57.5 Å². The topological polar surface area (TPSA) is 58.4 Å². The van der Waals surface area contributed by atoms with Crippen LogP contribution in [-0.4, -0.2) is 58.7 Å². The maximum Gasteiger partial charge on any atom is 0.418 e. The van der Waals surface area contributed by atoms with E-state index in [-0.39, 0.29) is 17.1 Å². The number of benzene rings is 1. The van der Waals surface area contributed by atoms with Crippen molar-refractivity contribution in [2.75, 3.05) is 33.2 Å². The van der Waals surface area contributed by atoms with Crippen molar-refractivity contribution in [2.24, 2.45) is 0 Å². The third kappa shape index (κ3) is 4.09. The number of carbonyl (C=O) groups is 1. The monoisotopic (exact) mass is 394 g/mol. The van der Waals surface area contributed by atoms with Crippen LogP contribution in [0.2, 0.25) is 0 Å². The molecule has 0 unspecified atom stereocenters. The minimum Gasteiger partial charge on any atom is -0.336 e. The number of aromatic nitrogens is 2. The number of nitrogens with zero attached hydrogens (tertiary/aromatic N) is 4. The second kappa shape index (κ2) is 7.75. The van der Waals surface area contributed by atoms with Crippen LogP contribution in [0.3, 0.4) is 0 Å². The Kier molecular flexibility index (Phi) is 5.55. The zero-order chi connectivity index (χ0) is 20.5. The van der Waals surface area contributed by atoms with E-state index in [4.69, 9.17) is 0 Å². The van der Waals surface area contributed by atoms with Gasteiger partial charge in [0.05, 0.1) is 11.3 Å². The number of hydrogen-bond donors (Lipinski definition) is 0. The van der Waals surface area contributed by atoms with Gasteiger partial charge in [0.15, 0.2) is 5.69 Å². The lowest BCUT2D eigenvalue weighted by Gasteiger charge is -2.21. The van der Waals surface area contributed by atoms with Crippen LogP contribution in [0, 0.1) is 6.92 Å². The first-order chi connectivity index (χ1) is 13.2. The number of hydrogen-bond acceptors (Lipinski definition) is 4. The number of aryl methyl sites for hydroxylation is 1. The zero-order valence-electron chi connectivity index (χ0n) is 15.7. The molecule has 3 rings (SSSR count). The number of rotatable bonds is 2. The predicted octanol–water partition coefficient (Wildman–Crippen LogP) is 2.34. The number of amides is 1. The molecule has 0 bridgehead atoms. The third-order valence-corrected chi connectivity index (χ3v) is 4.75. The van der Waals surface area contributed by atoms with Gasteiger partial charge < -0.3 is 9.80 Å². The molecule has 0 N–H and O–H groups in total. The molecule has 28 heavy (non-hydrogen) atoms. The quantitative estimate of drug-likeness (QED) is 0.785. The Hall–Kier alpha value is -2.68. The number of halogens is 3. The smallest absolute Gasteiger partial charge is 0.336 e. The summed E-state index contributed by atoms with van der Waals surface area (Å²) in [5.74, 6) is -0.557. The van der Waals surface area contributed by atoms with Crippen LogP contribution in [0.1, 0.15) is 28.2 Å². The fourth-order valence-corrected chi connectivity index (χ4v) is 3.24. The molecule has 1 aliphatic heterocycles. The van der Waals surface area contributed by atoms with E-state index in [9.17, 15) is 22.8 Å². The number of alkyl halides is 3. The van der Waals surface area contributed by atoms with E-state index in [1.165, 1.54) is 30.0 Å². The van der Waals surface area contributed by atoms with E-state index in [1.54, 1.807) is 0 Å². The van der Waals surface area contributed by atoms with Gasteiger partial charge in [0, 0.05) is 31.4 Å². The first kappa shape index (κ1) is 20.1. The number of likely N-dealkylation sites (N-methyl/N-ethyl adjacent to an activating group) is 1. The van der Waals surface area contributed by atoms with Crippen LogP contribution in [-0.2, 0) is 6.18 Å². The van der Waals surface area contributed by atoms with E-state index < -0.39 is 23.1 Å². The van der Waals surface area contributed by atoms with E-state index in [0.717, 1.165) is 29.8 Å². The molecule has 1 aromatic carbocycles. The highest BCUT2D eigenvalue weighted by molar-refractivity contribution is 5.92. The number of carbonyl (C=O) groups excluding carboxylic acids is 1. The Morgan fingerprint density at radius 3 is 2.54 bits per heavy atom. The Bertz CT molecular complexity index is 940. The van der Waals surface area contributed by atoms with Gasteiger partial charge in [0.25, 0.3) is 5.91 Å². The average Bonchev–Trinajstić information content (AvgIpc) is 2.85. The molecular formula is C19H21F3N4O2. The van der Waals surface area contributed by atoms with Crippen molar-refractivity contribution >= 4 is 5.91 Å².